The standard InChI is InChI=1S/C4H7NO.2C3H4O2/c1-3(2)4(5)6;2*1-2-3(4)5/h1H2,2H3,(H2,5,6);2*2H,1H2,(H,4,5). The van der Waals surface area contributed by atoms with Crippen LogP contribution in [0.15, 0.2) is 37.5 Å². The van der Waals surface area contributed by atoms with E-state index >= 15 is 0 Å². The van der Waals surface area contributed by atoms with Gasteiger partial charge in [0.2, 0.25) is 5.91 Å². The molecule has 4 N–H and O–H groups in total. The average Bonchev–Trinajstić information content (AvgIpc) is 2.19. The molecule has 0 bridgehead atoms. The van der Waals surface area contributed by atoms with Gasteiger partial charge in [-0.05, 0) is 6.92 Å². The number of rotatable bonds is 3. The Labute approximate surface area is 93.4 Å². The van der Waals surface area contributed by atoms with Crippen molar-refractivity contribution >= 4 is 17.8 Å². The van der Waals surface area contributed by atoms with Gasteiger partial charge in [-0.25, -0.2) is 9.59 Å². The highest BCUT2D eigenvalue weighted by Gasteiger charge is 1.86. The summed E-state index contributed by atoms with van der Waals surface area (Å²) >= 11 is 0. The summed E-state index contributed by atoms with van der Waals surface area (Å²) in [6.07, 6.45) is 1.67. The second-order valence-electron chi connectivity index (χ2n) is 2.23. The maximum absolute atomic E-state index is 9.82. The van der Waals surface area contributed by atoms with Crippen LogP contribution in [-0.4, -0.2) is 28.1 Å². The zero-order valence-corrected chi connectivity index (χ0v) is 8.97. The minimum atomic E-state index is -0.981. The Bertz CT molecular complexity index is 264. The number of hydrogen-bond acceptors (Lipinski definition) is 3. The molecule has 0 aliphatic rings. The van der Waals surface area contributed by atoms with Crippen LogP contribution in [0.1, 0.15) is 6.92 Å². The molecule has 0 atom stereocenters. The molecule has 6 heteroatoms. The van der Waals surface area contributed by atoms with Gasteiger partial charge in [-0.15, -0.1) is 0 Å². The van der Waals surface area contributed by atoms with Gasteiger partial charge in [-0.2, -0.15) is 0 Å². The Balaban J connectivity index is -0.000000160. The normalized spacial score (nSPS) is 6.81. The number of primary amides is 1. The number of carbonyl (C=O) groups excluding carboxylic acids is 1. The van der Waals surface area contributed by atoms with Crippen molar-refractivity contribution in [3.63, 3.8) is 0 Å². The Kier molecular flexibility index (Phi) is 15.2. The fraction of sp³-hybridized carbons (Fsp3) is 0.100. The molecule has 0 fully saturated rings. The molecule has 0 aromatic carbocycles. The van der Waals surface area contributed by atoms with E-state index in [4.69, 9.17) is 15.9 Å². The first kappa shape index (κ1) is 19.2. The Morgan fingerprint density at radius 3 is 1.19 bits per heavy atom. The van der Waals surface area contributed by atoms with E-state index in [1.54, 1.807) is 6.92 Å². The number of amides is 1. The summed E-state index contributed by atoms with van der Waals surface area (Å²) < 4.78 is 0. The molecule has 0 radical (unpaired) electrons. The molecule has 0 aliphatic heterocycles. The van der Waals surface area contributed by atoms with Crippen LogP contribution < -0.4 is 5.73 Å². The SMILES string of the molecule is C=C(C)C(N)=O.C=CC(=O)O.C=CC(=O)O. The summed E-state index contributed by atoms with van der Waals surface area (Å²) in [6, 6.07) is 0. The molecule has 1 amide bonds. The summed E-state index contributed by atoms with van der Waals surface area (Å²) in [6.45, 7) is 10.8. The highest BCUT2D eigenvalue weighted by molar-refractivity contribution is 5.90. The first-order valence-corrected chi connectivity index (χ1v) is 3.85. The Hall–Kier alpha value is -2.37. The lowest BCUT2D eigenvalue weighted by molar-refractivity contribution is -0.132. The predicted octanol–water partition coefficient (Wildman–Crippen LogP) is 0.562. The van der Waals surface area contributed by atoms with Crippen LogP contribution in [0.3, 0.4) is 0 Å². The largest absolute Gasteiger partial charge is 0.478 e. The third-order valence-electron chi connectivity index (χ3n) is 0.770. The van der Waals surface area contributed by atoms with Crippen LogP contribution in [0.2, 0.25) is 0 Å². The van der Waals surface area contributed by atoms with Gasteiger partial charge < -0.3 is 15.9 Å². The minimum Gasteiger partial charge on any atom is -0.478 e. The third kappa shape index (κ3) is 41.5. The van der Waals surface area contributed by atoms with Crippen LogP contribution in [0, 0.1) is 0 Å². The second-order valence-corrected chi connectivity index (χ2v) is 2.23. The molecule has 0 aliphatic carbocycles. The number of carbonyl (C=O) groups is 3. The van der Waals surface area contributed by atoms with Crippen LogP contribution in [-0.2, 0) is 14.4 Å². The van der Waals surface area contributed by atoms with E-state index in [0.29, 0.717) is 5.57 Å². The van der Waals surface area contributed by atoms with Crippen molar-refractivity contribution < 1.29 is 24.6 Å². The molecule has 0 aromatic heterocycles. The van der Waals surface area contributed by atoms with Crippen LogP contribution in [0.5, 0.6) is 0 Å². The van der Waals surface area contributed by atoms with Crippen molar-refractivity contribution in [3.05, 3.63) is 37.5 Å². The highest BCUT2D eigenvalue weighted by atomic mass is 16.4. The van der Waals surface area contributed by atoms with Crippen LogP contribution in [0.4, 0.5) is 0 Å². The number of aliphatic carboxylic acids is 2. The van der Waals surface area contributed by atoms with Gasteiger partial charge in [0.05, 0.1) is 0 Å². The second kappa shape index (κ2) is 12.6. The van der Waals surface area contributed by atoms with Gasteiger partial charge in [-0.1, -0.05) is 19.7 Å². The topological polar surface area (TPSA) is 118 Å². The molecule has 0 aromatic rings. The summed E-state index contributed by atoms with van der Waals surface area (Å²) in [7, 11) is 0. The molecular weight excluding hydrogens is 214 g/mol. The number of hydrogen-bond donors (Lipinski definition) is 3. The summed E-state index contributed by atoms with van der Waals surface area (Å²) in [5.41, 5.74) is 5.09. The van der Waals surface area contributed by atoms with Crippen molar-refractivity contribution in [2.45, 2.75) is 6.92 Å². The van der Waals surface area contributed by atoms with E-state index in [2.05, 4.69) is 19.7 Å². The molecule has 0 spiro atoms. The van der Waals surface area contributed by atoms with Gasteiger partial charge in [-0.3, -0.25) is 4.79 Å². The van der Waals surface area contributed by atoms with E-state index in [-0.39, 0.29) is 0 Å². The quantitative estimate of drug-likeness (QED) is 0.611. The molecule has 16 heavy (non-hydrogen) atoms. The smallest absolute Gasteiger partial charge is 0.327 e. The molecule has 90 valence electrons. The van der Waals surface area contributed by atoms with Crippen molar-refractivity contribution in [2.24, 2.45) is 5.73 Å². The Morgan fingerprint density at radius 1 is 1.06 bits per heavy atom. The van der Waals surface area contributed by atoms with Gasteiger partial charge >= 0.3 is 11.9 Å². The number of carboxylic acids is 2. The molecule has 0 rings (SSSR count). The fourth-order valence-electron chi connectivity index (χ4n) is 0. The van der Waals surface area contributed by atoms with Gasteiger partial charge in [0.1, 0.15) is 0 Å². The predicted molar refractivity (Wildman–Crippen MR) is 59.7 cm³/mol. The first-order valence-electron chi connectivity index (χ1n) is 3.85. The molecular formula is C10H15NO5. The van der Waals surface area contributed by atoms with E-state index in [9.17, 15) is 14.4 Å². The van der Waals surface area contributed by atoms with Gasteiger partial charge in [0.25, 0.3) is 0 Å². The van der Waals surface area contributed by atoms with Crippen LogP contribution in [0.25, 0.3) is 0 Å². The van der Waals surface area contributed by atoms with E-state index in [1.807, 2.05) is 0 Å². The minimum absolute atomic E-state index is 0.398. The van der Waals surface area contributed by atoms with E-state index in [0.717, 1.165) is 12.2 Å². The van der Waals surface area contributed by atoms with Gasteiger partial charge in [0.15, 0.2) is 0 Å². The molecule has 0 saturated heterocycles. The molecule has 6 nitrogen and oxygen atoms in total. The lowest BCUT2D eigenvalue weighted by Crippen LogP contribution is -2.10. The van der Waals surface area contributed by atoms with E-state index < -0.39 is 17.8 Å². The molecule has 0 saturated carbocycles. The highest BCUT2D eigenvalue weighted by Crippen LogP contribution is 1.78. The monoisotopic (exact) mass is 229 g/mol. The first-order chi connectivity index (χ1) is 7.18. The van der Waals surface area contributed by atoms with Gasteiger partial charge in [0, 0.05) is 17.7 Å². The maximum Gasteiger partial charge on any atom is 0.327 e. The summed E-state index contributed by atoms with van der Waals surface area (Å²) in [5.74, 6) is -2.40. The summed E-state index contributed by atoms with van der Waals surface area (Å²) in [5, 5.41) is 15.2. The Morgan fingerprint density at radius 2 is 1.19 bits per heavy atom. The maximum atomic E-state index is 9.82. The third-order valence-corrected chi connectivity index (χ3v) is 0.770. The van der Waals surface area contributed by atoms with Crippen molar-refractivity contribution in [1.82, 2.24) is 0 Å². The lowest BCUT2D eigenvalue weighted by Gasteiger charge is -1.81. The molecule has 0 heterocycles. The summed E-state index contributed by atoms with van der Waals surface area (Å²) in [4.78, 5) is 28.3. The number of nitrogens with two attached hydrogens (primary N) is 1. The van der Waals surface area contributed by atoms with Crippen LogP contribution >= 0.6 is 0 Å². The van der Waals surface area contributed by atoms with Crippen molar-refractivity contribution in [2.75, 3.05) is 0 Å². The van der Waals surface area contributed by atoms with Crippen molar-refractivity contribution in [1.29, 1.82) is 0 Å². The zero-order valence-electron chi connectivity index (χ0n) is 8.97. The number of carboxylic acid groups (broad SMARTS) is 2. The van der Waals surface area contributed by atoms with E-state index in [1.165, 1.54) is 0 Å². The average molecular weight is 229 g/mol. The molecule has 0 unspecified atom stereocenters. The zero-order chi connectivity index (χ0) is 13.7. The van der Waals surface area contributed by atoms with Crippen molar-refractivity contribution in [3.8, 4) is 0 Å². The lowest BCUT2D eigenvalue weighted by atomic mass is 10.3. The fourth-order valence-corrected chi connectivity index (χ4v) is 0.